The third-order valence-electron chi connectivity index (χ3n) is 3.40. The van der Waals surface area contributed by atoms with Gasteiger partial charge in [0.05, 0.1) is 6.10 Å². The summed E-state index contributed by atoms with van der Waals surface area (Å²) in [4.78, 5) is 0. The second kappa shape index (κ2) is 6.65. The minimum atomic E-state index is 0.264. The molecule has 0 saturated heterocycles. The van der Waals surface area contributed by atoms with Gasteiger partial charge in [0.15, 0.2) is 0 Å². The Morgan fingerprint density at radius 1 is 1.06 bits per heavy atom. The van der Waals surface area contributed by atoms with Crippen LogP contribution in [0, 0.1) is 0 Å². The van der Waals surface area contributed by atoms with E-state index in [0.29, 0.717) is 6.10 Å². The van der Waals surface area contributed by atoms with Crippen LogP contribution in [0.25, 0.3) is 0 Å². The number of rotatable bonds is 5. The van der Waals surface area contributed by atoms with Gasteiger partial charge in [-0.15, -0.1) is 0 Å². The van der Waals surface area contributed by atoms with Crippen LogP contribution in [-0.4, -0.2) is 17.8 Å². The van der Waals surface area contributed by atoms with Crippen molar-refractivity contribution in [1.82, 2.24) is 0 Å². The van der Waals surface area contributed by atoms with Gasteiger partial charge in [0.25, 0.3) is 0 Å². The van der Waals surface area contributed by atoms with E-state index in [-0.39, 0.29) is 6.61 Å². The van der Waals surface area contributed by atoms with E-state index in [4.69, 9.17) is 9.84 Å². The van der Waals surface area contributed by atoms with E-state index in [1.54, 1.807) is 0 Å². The average molecular weight is 234 g/mol. The molecule has 0 heterocycles. The van der Waals surface area contributed by atoms with Crippen LogP contribution in [0.1, 0.15) is 44.1 Å². The van der Waals surface area contributed by atoms with E-state index in [2.05, 4.69) is 24.3 Å². The maximum atomic E-state index is 8.77. The highest BCUT2D eigenvalue weighted by atomic mass is 16.5. The molecule has 0 aliphatic heterocycles. The quantitative estimate of drug-likeness (QED) is 0.846. The van der Waals surface area contributed by atoms with Crippen molar-refractivity contribution in [1.29, 1.82) is 0 Å². The summed E-state index contributed by atoms with van der Waals surface area (Å²) in [5, 5.41) is 8.77. The summed E-state index contributed by atoms with van der Waals surface area (Å²) in [6.45, 7) is 0.264. The lowest BCUT2D eigenvalue weighted by Crippen LogP contribution is -2.19. The van der Waals surface area contributed by atoms with Crippen molar-refractivity contribution in [3.63, 3.8) is 0 Å². The largest absolute Gasteiger partial charge is 0.490 e. The first kappa shape index (κ1) is 12.4. The summed E-state index contributed by atoms with van der Waals surface area (Å²) < 4.78 is 5.97. The third kappa shape index (κ3) is 4.04. The predicted octanol–water partition coefficient (Wildman–Crippen LogP) is 3.32. The maximum Gasteiger partial charge on any atom is 0.119 e. The van der Waals surface area contributed by atoms with Gasteiger partial charge in [0, 0.05) is 6.61 Å². The zero-order chi connectivity index (χ0) is 11.9. The first-order valence-electron chi connectivity index (χ1n) is 6.75. The highest BCUT2D eigenvalue weighted by Crippen LogP contribution is 2.23. The summed E-state index contributed by atoms with van der Waals surface area (Å²) in [6, 6.07) is 8.32. The molecule has 0 amide bonds. The molecule has 0 spiro atoms. The Morgan fingerprint density at radius 2 is 1.76 bits per heavy atom. The Morgan fingerprint density at radius 3 is 2.41 bits per heavy atom. The molecule has 0 atom stereocenters. The number of benzene rings is 1. The molecule has 0 bridgehead atoms. The Bertz CT molecular complexity index is 312. The molecule has 2 heteroatoms. The summed E-state index contributed by atoms with van der Waals surface area (Å²) >= 11 is 0. The summed E-state index contributed by atoms with van der Waals surface area (Å²) in [5.41, 5.74) is 1.27. The van der Waals surface area contributed by atoms with Gasteiger partial charge in [0.1, 0.15) is 5.75 Å². The zero-order valence-corrected chi connectivity index (χ0v) is 10.4. The van der Waals surface area contributed by atoms with Crippen molar-refractivity contribution in [2.75, 3.05) is 6.61 Å². The van der Waals surface area contributed by atoms with Crippen LogP contribution in [0.4, 0.5) is 0 Å². The van der Waals surface area contributed by atoms with E-state index in [0.717, 1.165) is 18.6 Å². The normalized spacial score (nSPS) is 17.0. The Balaban J connectivity index is 1.84. The van der Waals surface area contributed by atoms with Crippen molar-refractivity contribution in [2.24, 2.45) is 0 Å². The van der Waals surface area contributed by atoms with Gasteiger partial charge in [-0.2, -0.15) is 0 Å². The number of ether oxygens (including phenoxy) is 1. The first-order valence-corrected chi connectivity index (χ1v) is 6.75. The lowest BCUT2D eigenvalue weighted by Gasteiger charge is -2.23. The van der Waals surface area contributed by atoms with Gasteiger partial charge >= 0.3 is 0 Å². The molecule has 17 heavy (non-hydrogen) atoms. The van der Waals surface area contributed by atoms with E-state index < -0.39 is 0 Å². The van der Waals surface area contributed by atoms with E-state index in [1.807, 2.05) is 0 Å². The van der Waals surface area contributed by atoms with Crippen molar-refractivity contribution in [3.05, 3.63) is 29.8 Å². The van der Waals surface area contributed by atoms with Crippen LogP contribution < -0.4 is 4.74 Å². The molecular weight excluding hydrogens is 212 g/mol. The molecule has 1 saturated carbocycles. The van der Waals surface area contributed by atoms with Gasteiger partial charge in [-0.1, -0.05) is 18.6 Å². The standard InChI is InChI=1S/C15H22O2/c16-12-4-5-13-8-10-15(11-9-13)17-14-6-2-1-3-7-14/h8-11,14,16H,1-7,12H2. The second-order valence-electron chi connectivity index (χ2n) is 4.85. The molecule has 0 aromatic heterocycles. The van der Waals surface area contributed by atoms with Crippen LogP contribution in [-0.2, 0) is 6.42 Å². The van der Waals surface area contributed by atoms with E-state index in [1.165, 1.54) is 37.7 Å². The third-order valence-corrected chi connectivity index (χ3v) is 3.40. The molecule has 1 aliphatic rings. The molecule has 1 aromatic rings. The Hall–Kier alpha value is -1.02. The van der Waals surface area contributed by atoms with Gasteiger partial charge in [-0.3, -0.25) is 0 Å². The molecule has 1 fully saturated rings. The molecule has 1 aromatic carbocycles. The van der Waals surface area contributed by atoms with E-state index >= 15 is 0 Å². The molecule has 94 valence electrons. The number of hydrogen-bond donors (Lipinski definition) is 1. The van der Waals surface area contributed by atoms with Crippen LogP contribution in [0.3, 0.4) is 0 Å². The van der Waals surface area contributed by atoms with Gasteiger partial charge in [-0.25, -0.2) is 0 Å². The molecule has 0 radical (unpaired) electrons. The van der Waals surface area contributed by atoms with Crippen molar-refractivity contribution >= 4 is 0 Å². The molecule has 0 unspecified atom stereocenters. The van der Waals surface area contributed by atoms with E-state index in [9.17, 15) is 0 Å². The highest BCUT2D eigenvalue weighted by molar-refractivity contribution is 5.27. The fraction of sp³-hybridized carbons (Fsp3) is 0.600. The Kier molecular flexibility index (Phi) is 4.87. The zero-order valence-electron chi connectivity index (χ0n) is 10.4. The average Bonchev–Trinajstić information content (AvgIpc) is 2.39. The number of aliphatic hydroxyl groups is 1. The molecule has 1 aliphatic carbocycles. The smallest absolute Gasteiger partial charge is 0.119 e. The summed E-state index contributed by atoms with van der Waals surface area (Å²) in [6.07, 6.45) is 8.58. The summed E-state index contributed by atoms with van der Waals surface area (Å²) in [7, 11) is 0. The lowest BCUT2D eigenvalue weighted by atomic mass is 9.98. The van der Waals surface area contributed by atoms with Crippen LogP contribution in [0.5, 0.6) is 5.75 Å². The molecule has 2 rings (SSSR count). The number of hydrogen-bond acceptors (Lipinski definition) is 2. The Labute approximate surface area is 104 Å². The maximum absolute atomic E-state index is 8.77. The fourth-order valence-corrected chi connectivity index (χ4v) is 2.39. The van der Waals surface area contributed by atoms with Crippen LogP contribution in [0.2, 0.25) is 0 Å². The van der Waals surface area contributed by atoms with Gasteiger partial charge in [0.2, 0.25) is 0 Å². The van der Waals surface area contributed by atoms with Crippen LogP contribution in [0.15, 0.2) is 24.3 Å². The van der Waals surface area contributed by atoms with Crippen molar-refractivity contribution < 1.29 is 9.84 Å². The fourth-order valence-electron chi connectivity index (χ4n) is 2.39. The van der Waals surface area contributed by atoms with Gasteiger partial charge < -0.3 is 9.84 Å². The molecular formula is C15H22O2. The second-order valence-corrected chi connectivity index (χ2v) is 4.85. The number of aliphatic hydroxyl groups excluding tert-OH is 1. The summed E-state index contributed by atoms with van der Waals surface area (Å²) in [5.74, 6) is 0.990. The number of aryl methyl sites for hydroxylation is 1. The predicted molar refractivity (Wildman–Crippen MR) is 69.3 cm³/mol. The topological polar surface area (TPSA) is 29.5 Å². The van der Waals surface area contributed by atoms with Crippen molar-refractivity contribution in [2.45, 2.75) is 51.0 Å². The monoisotopic (exact) mass is 234 g/mol. The minimum Gasteiger partial charge on any atom is -0.490 e. The van der Waals surface area contributed by atoms with Gasteiger partial charge in [-0.05, 0) is 56.2 Å². The van der Waals surface area contributed by atoms with Crippen LogP contribution >= 0.6 is 0 Å². The minimum absolute atomic E-state index is 0.264. The molecule has 2 nitrogen and oxygen atoms in total. The van der Waals surface area contributed by atoms with Crippen molar-refractivity contribution in [3.8, 4) is 5.75 Å². The first-order chi connectivity index (χ1) is 8.38. The highest BCUT2D eigenvalue weighted by Gasteiger charge is 2.14. The SMILES string of the molecule is OCCCc1ccc(OC2CCCCC2)cc1. The molecule has 1 N–H and O–H groups in total. The lowest BCUT2D eigenvalue weighted by molar-refractivity contribution is 0.155.